The zero-order valence-electron chi connectivity index (χ0n) is 7.63. The molecule has 0 aromatic carbocycles. The summed E-state index contributed by atoms with van der Waals surface area (Å²) in [7, 11) is 0. The van der Waals surface area contributed by atoms with Gasteiger partial charge in [0, 0.05) is 12.6 Å². The van der Waals surface area contributed by atoms with Crippen LogP contribution in [-0.2, 0) is 0 Å². The molecule has 0 aliphatic heterocycles. The number of halogens is 2. The first kappa shape index (κ1) is 9.99. The number of rotatable bonds is 3. The molecule has 1 N–H and O–H groups in total. The molecule has 0 unspecified atom stereocenters. The van der Waals surface area contributed by atoms with E-state index in [1.54, 1.807) is 6.07 Å². The molecule has 76 valence electrons. The SMILES string of the molecule is Clc1cc(NCC2CCC2)nc(Cl)n1. The van der Waals surface area contributed by atoms with Crippen LogP contribution in [0.25, 0.3) is 0 Å². The molecule has 0 radical (unpaired) electrons. The monoisotopic (exact) mass is 231 g/mol. The van der Waals surface area contributed by atoms with Crippen molar-refractivity contribution < 1.29 is 0 Å². The average molecular weight is 232 g/mol. The van der Waals surface area contributed by atoms with Gasteiger partial charge in [-0.15, -0.1) is 0 Å². The maximum atomic E-state index is 5.74. The molecule has 0 saturated heterocycles. The van der Waals surface area contributed by atoms with Crippen molar-refractivity contribution in [1.82, 2.24) is 9.97 Å². The minimum Gasteiger partial charge on any atom is -0.370 e. The normalized spacial score (nSPS) is 16.4. The van der Waals surface area contributed by atoms with E-state index < -0.39 is 0 Å². The molecule has 0 amide bonds. The summed E-state index contributed by atoms with van der Waals surface area (Å²) in [5, 5.41) is 3.77. The highest BCUT2D eigenvalue weighted by atomic mass is 35.5. The molecule has 1 saturated carbocycles. The van der Waals surface area contributed by atoms with Crippen LogP contribution in [0.1, 0.15) is 19.3 Å². The van der Waals surface area contributed by atoms with Crippen LogP contribution in [0.4, 0.5) is 5.82 Å². The number of nitrogens with one attached hydrogen (secondary N) is 1. The quantitative estimate of drug-likeness (QED) is 0.643. The van der Waals surface area contributed by atoms with Gasteiger partial charge in [0.25, 0.3) is 0 Å². The molecule has 2 rings (SSSR count). The summed E-state index contributed by atoms with van der Waals surface area (Å²) in [6.07, 6.45) is 3.96. The summed E-state index contributed by atoms with van der Waals surface area (Å²) in [6.45, 7) is 0.948. The second-order valence-corrected chi connectivity index (χ2v) is 4.25. The van der Waals surface area contributed by atoms with Crippen molar-refractivity contribution in [3.63, 3.8) is 0 Å². The Morgan fingerprint density at radius 2 is 2.14 bits per heavy atom. The number of aromatic nitrogens is 2. The predicted molar refractivity (Wildman–Crippen MR) is 57.9 cm³/mol. The highest BCUT2D eigenvalue weighted by Crippen LogP contribution is 2.26. The predicted octanol–water partition coefficient (Wildman–Crippen LogP) is 3.00. The Morgan fingerprint density at radius 3 is 2.71 bits per heavy atom. The minimum atomic E-state index is 0.189. The van der Waals surface area contributed by atoms with Crippen molar-refractivity contribution in [2.75, 3.05) is 11.9 Å². The molecular formula is C9H11Cl2N3. The van der Waals surface area contributed by atoms with E-state index in [2.05, 4.69) is 15.3 Å². The fourth-order valence-electron chi connectivity index (χ4n) is 1.43. The van der Waals surface area contributed by atoms with E-state index in [1.165, 1.54) is 19.3 Å². The molecule has 1 aromatic heterocycles. The van der Waals surface area contributed by atoms with Gasteiger partial charge in [-0.3, -0.25) is 0 Å². The van der Waals surface area contributed by atoms with Gasteiger partial charge in [-0.2, -0.15) is 0 Å². The summed E-state index contributed by atoms with van der Waals surface area (Å²) in [4.78, 5) is 7.80. The Kier molecular flexibility index (Phi) is 3.08. The van der Waals surface area contributed by atoms with Crippen LogP contribution in [0.5, 0.6) is 0 Å². The van der Waals surface area contributed by atoms with E-state index in [1.807, 2.05) is 0 Å². The van der Waals surface area contributed by atoms with Gasteiger partial charge in [-0.1, -0.05) is 18.0 Å². The summed E-state index contributed by atoms with van der Waals surface area (Å²) in [6, 6.07) is 1.69. The maximum Gasteiger partial charge on any atom is 0.225 e. The van der Waals surface area contributed by atoms with E-state index in [-0.39, 0.29) is 5.28 Å². The summed E-state index contributed by atoms with van der Waals surface area (Å²) in [5.41, 5.74) is 0. The van der Waals surface area contributed by atoms with Gasteiger partial charge in [0.15, 0.2) is 0 Å². The van der Waals surface area contributed by atoms with Gasteiger partial charge in [-0.25, -0.2) is 9.97 Å². The molecule has 0 atom stereocenters. The van der Waals surface area contributed by atoms with E-state index in [9.17, 15) is 0 Å². The van der Waals surface area contributed by atoms with E-state index >= 15 is 0 Å². The first-order valence-corrected chi connectivity index (χ1v) is 5.43. The van der Waals surface area contributed by atoms with Crippen LogP contribution in [0.3, 0.4) is 0 Å². The van der Waals surface area contributed by atoms with Crippen molar-refractivity contribution in [1.29, 1.82) is 0 Å². The van der Waals surface area contributed by atoms with Gasteiger partial charge in [0.1, 0.15) is 11.0 Å². The molecule has 1 aromatic rings. The largest absolute Gasteiger partial charge is 0.370 e. The third kappa shape index (κ3) is 2.49. The van der Waals surface area contributed by atoms with E-state index in [4.69, 9.17) is 23.2 Å². The Balaban J connectivity index is 1.94. The van der Waals surface area contributed by atoms with Gasteiger partial charge >= 0.3 is 0 Å². The Bertz CT molecular complexity index is 306. The summed E-state index contributed by atoms with van der Waals surface area (Å²) < 4.78 is 0. The first-order valence-electron chi connectivity index (χ1n) is 4.68. The standard InChI is InChI=1S/C9H11Cl2N3/c10-7-4-8(14-9(11)13-7)12-5-6-2-1-3-6/h4,6H,1-3,5H2,(H,12,13,14). The van der Waals surface area contributed by atoms with Crippen LogP contribution in [0, 0.1) is 5.92 Å². The lowest BCUT2D eigenvalue weighted by Crippen LogP contribution is -2.21. The molecule has 5 heteroatoms. The third-order valence-corrected chi connectivity index (χ3v) is 2.83. The van der Waals surface area contributed by atoms with Crippen molar-refractivity contribution in [3.05, 3.63) is 16.5 Å². The zero-order valence-corrected chi connectivity index (χ0v) is 9.15. The number of hydrogen-bond donors (Lipinski definition) is 1. The molecule has 0 spiro atoms. The molecule has 1 aliphatic carbocycles. The summed E-state index contributed by atoms with van der Waals surface area (Å²) >= 11 is 11.4. The molecule has 14 heavy (non-hydrogen) atoms. The topological polar surface area (TPSA) is 37.8 Å². The fourth-order valence-corrected chi connectivity index (χ4v) is 1.84. The van der Waals surface area contributed by atoms with Crippen LogP contribution < -0.4 is 5.32 Å². The van der Waals surface area contributed by atoms with Crippen LogP contribution >= 0.6 is 23.2 Å². The second kappa shape index (κ2) is 4.32. The maximum absolute atomic E-state index is 5.74. The van der Waals surface area contributed by atoms with E-state index in [0.29, 0.717) is 11.0 Å². The van der Waals surface area contributed by atoms with Crippen molar-refractivity contribution in [3.8, 4) is 0 Å². The van der Waals surface area contributed by atoms with Crippen LogP contribution in [-0.4, -0.2) is 16.5 Å². The number of hydrogen-bond acceptors (Lipinski definition) is 3. The summed E-state index contributed by atoms with van der Waals surface area (Å²) in [5.74, 6) is 1.49. The molecule has 1 heterocycles. The molecule has 1 fully saturated rings. The lowest BCUT2D eigenvalue weighted by molar-refractivity contribution is 0.333. The molecule has 0 bridgehead atoms. The second-order valence-electron chi connectivity index (χ2n) is 3.52. The minimum absolute atomic E-state index is 0.189. The lowest BCUT2D eigenvalue weighted by atomic mass is 9.85. The Hall–Kier alpha value is -0.540. The third-order valence-electron chi connectivity index (χ3n) is 2.46. The first-order chi connectivity index (χ1) is 6.74. The van der Waals surface area contributed by atoms with Gasteiger partial charge in [0.2, 0.25) is 5.28 Å². The van der Waals surface area contributed by atoms with E-state index in [0.717, 1.165) is 12.5 Å². The van der Waals surface area contributed by atoms with Crippen LogP contribution in [0.2, 0.25) is 10.4 Å². The Morgan fingerprint density at radius 1 is 1.36 bits per heavy atom. The van der Waals surface area contributed by atoms with Crippen molar-refractivity contribution in [2.45, 2.75) is 19.3 Å². The highest BCUT2D eigenvalue weighted by molar-refractivity contribution is 6.32. The smallest absolute Gasteiger partial charge is 0.225 e. The zero-order chi connectivity index (χ0) is 9.97. The lowest BCUT2D eigenvalue weighted by Gasteiger charge is -2.25. The average Bonchev–Trinajstić information content (AvgIpc) is 1.99. The van der Waals surface area contributed by atoms with Gasteiger partial charge in [-0.05, 0) is 30.4 Å². The molecule has 1 aliphatic rings. The molecular weight excluding hydrogens is 221 g/mol. The number of nitrogens with zero attached hydrogens (tertiary/aromatic N) is 2. The molecule has 3 nitrogen and oxygen atoms in total. The van der Waals surface area contributed by atoms with Crippen molar-refractivity contribution >= 4 is 29.0 Å². The highest BCUT2D eigenvalue weighted by Gasteiger charge is 2.16. The van der Waals surface area contributed by atoms with Crippen LogP contribution in [0.15, 0.2) is 6.07 Å². The van der Waals surface area contributed by atoms with Gasteiger partial charge < -0.3 is 5.32 Å². The van der Waals surface area contributed by atoms with Crippen molar-refractivity contribution in [2.24, 2.45) is 5.92 Å². The number of anilines is 1. The van der Waals surface area contributed by atoms with Gasteiger partial charge in [0.05, 0.1) is 0 Å². The fraction of sp³-hybridized carbons (Fsp3) is 0.556. The Labute approximate surface area is 92.8 Å².